The van der Waals surface area contributed by atoms with Crippen LogP contribution in [0.1, 0.15) is 18.4 Å². The van der Waals surface area contributed by atoms with Crippen molar-refractivity contribution in [3.8, 4) is 11.5 Å². The summed E-state index contributed by atoms with van der Waals surface area (Å²) in [7, 11) is 1.67. The lowest BCUT2D eigenvalue weighted by Crippen LogP contribution is -2.55. The Morgan fingerprint density at radius 3 is 2.48 bits per heavy atom. The van der Waals surface area contributed by atoms with Gasteiger partial charge in [0.2, 0.25) is 0 Å². The van der Waals surface area contributed by atoms with Crippen molar-refractivity contribution < 1.29 is 24.4 Å². The van der Waals surface area contributed by atoms with Crippen LogP contribution in [0, 0.1) is 6.92 Å². The van der Waals surface area contributed by atoms with Gasteiger partial charge in [0.15, 0.2) is 0 Å². The van der Waals surface area contributed by atoms with Gasteiger partial charge in [-0.15, -0.1) is 0 Å². The molecule has 4 rings (SSSR count). The predicted octanol–water partition coefficient (Wildman–Crippen LogP) is 2.48. The SMILES string of the molecule is COc1cccc(N2CCC(O)(CN3CCOCC(O)(COc4cccc(C)c4)C3)CC2)c1. The zero-order valence-corrected chi connectivity index (χ0v) is 19.7. The number of β-amino-alcohol motifs (C(OH)–C–C–N with tert-alkyl or cyclic N) is 2. The molecule has 2 heterocycles. The van der Waals surface area contributed by atoms with Crippen LogP contribution in [-0.2, 0) is 4.74 Å². The summed E-state index contributed by atoms with van der Waals surface area (Å²) in [6, 6.07) is 15.8. The highest BCUT2D eigenvalue weighted by Crippen LogP contribution is 2.30. The average molecular weight is 457 g/mol. The maximum Gasteiger partial charge on any atom is 0.134 e. The zero-order valence-electron chi connectivity index (χ0n) is 19.7. The summed E-state index contributed by atoms with van der Waals surface area (Å²) in [5.74, 6) is 1.58. The summed E-state index contributed by atoms with van der Waals surface area (Å²) in [4.78, 5) is 4.41. The Bertz CT molecular complexity index is 915. The Morgan fingerprint density at radius 1 is 0.970 bits per heavy atom. The first-order valence-electron chi connectivity index (χ1n) is 11.7. The predicted molar refractivity (Wildman–Crippen MR) is 128 cm³/mol. The van der Waals surface area contributed by atoms with Gasteiger partial charge < -0.3 is 29.3 Å². The highest BCUT2D eigenvalue weighted by Gasteiger charge is 2.39. The fraction of sp³-hybridized carbons (Fsp3) is 0.538. The molecule has 7 heteroatoms. The summed E-state index contributed by atoms with van der Waals surface area (Å²) in [5.41, 5.74) is 0.304. The van der Waals surface area contributed by atoms with Gasteiger partial charge in [-0.2, -0.15) is 0 Å². The fourth-order valence-electron chi connectivity index (χ4n) is 4.70. The second-order valence-electron chi connectivity index (χ2n) is 9.51. The second-order valence-corrected chi connectivity index (χ2v) is 9.51. The molecule has 2 N–H and O–H groups in total. The molecule has 0 spiro atoms. The Balaban J connectivity index is 1.33. The van der Waals surface area contributed by atoms with Gasteiger partial charge in [-0.3, -0.25) is 4.90 Å². The van der Waals surface area contributed by atoms with Crippen molar-refractivity contribution >= 4 is 5.69 Å². The average Bonchev–Trinajstić information content (AvgIpc) is 2.99. The largest absolute Gasteiger partial charge is 0.497 e. The van der Waals surface area contributed by atoms with Crippen molar-refractivity contribution in [2.45, 2.75) is 31.0 Å². The minimum Gasteiger partial charge on any atom is -0.497 e. The van der Waals surface area contributed by atoms with Gasteiger partial charge in [0.05, 0.1) is 25.9 Å². The number of ether oxygens (including phenoxy) is 3. The van der Waals surface area contributed by atoms with Gasteiger partial charge in [-0.05, 0) is 49.6 Å². The molecule has 33 heavy (non-hydrogen) atoms. The van der Waals surface area contributed by atoms with E-state index in [1.165, 1.54) is 0 Å². The maximum atomic E-state index is 11.3. The molecule has 0 amide bonds. The quantitative estimate of drug-likeness (QED) is 0.663. The van der Waals surface area contributed by atoms with Gasteiger partial charge in [0.1, 0.15) is 23.7 Å². The van der Waals surface area contributed by atoms with Crippen molar-refractivity contribution in [3.05, 3.63) is 54.1 Å². The van der Waals surface area contributed by atoms with Crippen LogP contribution in [0.3, 0.4) is 0 Å². The van der Waals surface area contributed by atoms with Gasteiger partial charge in [-0.25, -0.2) is 0 Å². The van der Waals surface area contributed by atoms with Crippen LogP contribution in [0.15, 0.2) is 48.5 Å². The molecule has 1 atom stereocenters. The van der Waals surface area contributed by atoms with Crippen molar-refractivity contribution in [2.24, 2.45) is 0 Å². The van der Waals surface area contributed by atoms with Crippen molar-refractivity contribution in [1.29, 1.82) is 0 Å². The minimum absolute atomic E-state index is 0.148. The third-order valence-electron chi connectivity index (χ3n) is 6.57. The molecule has 0 aliphatic carbocycles. The molecule has 2 aromatic carbocycles. The van der Waals surface area contributed by atoms with Gasteiger partial charge in [0.25, 0.3) is 0 Å². The summed E-state index contributed by atoms with van der Waals surface area (Å²) in [6.07, 6.45) is 1.33. The van der Waals surface area contributed by atoms with E-state index in [9.17, 15) is 10.2 Å². The number of nitrogens with zero attached hydrogens (tertiary/aromatic N) is 2. The molecule has 2 aromatic rings. The Morgan fingerprint density at radius 2 is 1.73 bits per heavy atom. The number of anilines is 1. The Labute approximate surface area is 196 Å². The molecule has 0 bridgehead atoms. The maximum absolute atomic E-state index is 11.3. The lowest BCUT2D eigenvalue weighted by Gasteiger charge is -2.42. The number of methoxy groups -OCH3 is 1. The van der Waals surface area contributed by atoms with E-state index in [1.54, 1.807) is 7.11 Å². The molecular weight excluding hydrogens is 420 g/mol. The summed E-state index contributed by atoms with van der Waals surface area (Å²) >= 11 is 0. The first kappa shape index (κ1) is 23.8. The van der Waals surface area contributed by atoms with Crippen LogP contribution >= 0.6 is 0 Å². The third kappa shape index (κ3) is 6.38. The Hall–Kier alpha value is -2.32. The number of piperidine rings is 1. The minimum atomic E-state index is -1.13. The number of aryl methyl sites for hydroxylation is 1. The molecule has 2 aliphatic heterocycles. The molecule has 0 radical (unpaired) electrons. The van der Waals surface area contributed by atoms with E-state index in [2.05, 4.69) is 15.9 Å². The molecule has 7 nitrogen and oxygen atoms in total. The van der Waals surface area contributed by atoms with E-state index in [0.29, 0.717) is 39.1 Å². The monoisotopic (exact) mass is 456 g/mol. The van der Waals surface area contributed by atoms with E-state index in [0.717, 1.165) is 35.8 Å². The first-order chi connectivity index (χ1) is 15.9. The highest BCUT2D eigenvalue weighted by molar-refractivity contribution is 5.51. The van der Waals surface area contributed by atoms with Gasteiger partial charge >= 0.3 is 0 Å². The Kier molecular flexibility index (Phi) is 7.44. The van der Waals surface area contributed by atoms with Crippen LogP contribution in [0.4, 0.5) is 5.69 Å². The van der Waals surface area contributed by atoms with Crippen molar-refractivity contribution in [2.75, 3.05) is 64.6 Å². The third-order valence-corrected chi connectivity index (χ3v) is 6.57. The molecule has 1 unspecified atom stereocenters. The highest BCUT2D eigenvalue weighted by atomic mass is 16.5. The normalized spacial score (nSPS) is 23.7. The van der Waals surface area contributed by atoms with Gasteiger partial charge in [0, 0.05) is 44.5 Å². The van der Waals surface area contributed by atoms with E-state index in [-0.39, 0.29) is 13.2 Å². The zero-order chi connectivity index (χ0) is 23.3. The van der Waals surface area contributed by atoms with Crippen LogP contribution in [-0.4, -0.2) is 86.0 Å². The fourth-order valence-corrected chi connectivity index (χ4v) is 4.70. The topological polar surface area (TPSA) is 74.6 Å². The van der Waals surface area contributed by atoms with Crippen LogP contribution < -0.4 is 14.4 Å². The number of aliphatic hydroxyl groups is 2. The standard InChI is InChI=1S/C26H36N2O5/c1-21-5-3-8-24(15-21)33-20-26(30)18-27(13-14-32-19-26)17-25(29)9-11-28(12-10-25)22-6-4-7-23(16-22)31-2/h3-8,15-16,29-30H,9-14,17-20H2,1-2H3. The molecule has 0 aromatic heterocycles. The number of hydrogen-bond donors (Lipinski definition) is 2. The molecule has 0 saturated carbocycles. The van der Waals surface area contributed by atoms with E-state index >= 15 is 0 Å². The molecule has 2 saturated heterocycles. The van der Waals surface area contributed by atoms with E-state index < -0.39 is 11.2 Å². The number of hydrogen-bond acceptors (Lipinski definition) is 7. The van der Waals surface area contributed by atoms with Crippen LogP contribution in [0.5, 0.6) is 11.5 Å². The lowest BCUT2D eigenvalue weighted by atomic mass is 9.90. The summed E-state index contributed by atoms with van der Waals surface area (Å²) in [5, 5.41) is 22.6. The van der Waals surface area contributed by atoms with Crippen molar-refractivity contribution in [3.63, 3.8) is 0 Å². The smallest absolute Gasteiger partial charge is 0.134 e. The summed E-state index contributed by atoms with van der Waals surface area (Å²) < 4.78 is 16.9. The number of benzene rings is 2. The first-order valence-corrected chi connectivity index (χ1v) is 11.7. The lowest BCUT2D eigenvalue weighted by molar-refractivity contribution is -0.0742. The molecule has 180 valence electrons. The second kappa shape index (κ2) is 10.3. The van der Waals surface area contributed by atoms with Gasteiger partial charge in [-0.1, -0.05) is 18.2 Å². The van der Waals surface area contributed by atoms with Crippen molar-refractivity contribution in [1.82, 2.24) is 4.90 Å². The molecule has 2 aliphatic rings. The van der Waals surface area contributed by atoms with Crippen LogP contribution in [0.25, 0.3) is 0 Å². The summed E-state index contributed by atoms with van der Waals surface area (Å²) in [6.45, 7) is 6.04. The number of rotatable bonds is 7. The molecular formula is C26H36N2O5. The molecule has 2 fully saturated rings. The van der Waals surface area contributed by atoms with E-state index in [4.69, 9.17) is 14.2 Å². The van der Waals surface area contributed by atoms with Crippen LogP contribution in [0.2, 0.25) is 0 Å². The van der Waals surface area contributed by atoms with E-state index in [1.807, 2.05) is 49.4 Å².